The fourth-order valence-electron chi connectivity index (χ4n) is 1.28. The molecule has 0 fully saturated rings. The van der Waals surface area contributed by atoms with Crippen molar-refractivity contribution in [2.24, 2.45) is 11.8 Å². The number of rotatable bonds is 5. The third kappa shape index (κ3) is 6.05. The normalized spacial score (nSPS) is 12.1. The zero-order chi connectivity index (χ0) is 12.0. The molecule has 0 aliphatic heterocycles. The van der Waals surface area contributed by atoms with Gasteiger partial charge in [-0.25, -0.2) is 0 Å². The number of hydrogen-bond acceptors (Lipinski definition) is 2. The van der Waals surface area contributed by atoms with Gasteiger partial charge in [0.15, 0.2) is 0 Å². The van der Waals surface area contributed by atoms with Gasteiger partial charge in [-0.05, 0) is 19.8 Å². The van der Waals surface area contributed by atoms with Crippen molar-refractivity contribution in [3.05, 3.63) is 11.8 Å². The van der Waals surface area contributed by atoms with Crippen LogP contribution in [0, 0.1) is 22.7 Å². The van der Waals surface area contributed by atoms with E-state index in [9.17, 15) is 0 Å². The molecule has 0 radical (unpaired) electrons. The number of allylic oxidation sites excluding steroid dienone is 1. The van der Waals surface area contributed by atoms with Crippen molar-refractivity contribution in [2.75, 3.05) is 0 Å². The third-order valence-electron chi connectivity index (χ3n) is 2.20. The Kier molecular flexibility index (Phi) is 5.90. The van der Waals surface area contributed by atoms with Gasteiger partial charge in [-0.2, -0.15) is 0 Å². The third-order valence-corrected chi connectivity index (χ3v) is 2.20. The van der Waals surface area contributed by atoms with Crippen LogP contribution >= 0.6 is 0 Å². The molecule has 0 rings (SSSR count). The van der Waals surface area contributed by atoms with Crippen LogP contribution in [0.5, 0.6) is 0 Å². The lowest BCUT2D eigenvalue weighted by Crippen LogP contribution is -2.24. The van der Waals surface area contributed by atoms with Gasteiger partial charge in [0.25, 0.3) is 0 Å². The number of amidine groups is 1. The van der Waals surface area contributed by atoms with Crippen molar-refractivity contribution in [3.63, 3.8) is 0 Å². The molecule has 0 bridgehead atoms. The van der Waals surface area contributed by atoms with Crippen molar-refractivity contribution < 1.29 is 0 Å². The summed E-state index contributed by atoms with van der Waals surface area (Å²) in [7, 11) is 0. The Balaban J connectivity index is 4.08. The first-order valence-electron chi connectivity index (χ1n) is 5.40. The molecule has 0 aliphatic rings. The smallest absolute Gasteiger partial charge is 0.0977 e. The lowest BCUT2D eigenvalue weighted by atomic mass is 9.93. The molecule has 15 heavy (non-hydrogen) atoms. The summed E-state index contributed by atoms with van der Waals surface area (Å²) >= 11 is 0. The van der Waals surface area contributed by atoms with E-state index in [2.05, 4.69) is 5.32 Å². The van der Waals surface area contributed by atoms with E-state index in [4.69, 9.17) is 10.8 Å². The fraction of sp³-hybridized carbons (Fsp3) is 0.667. The van der Waals surface area contributed by atoms with Crippen LogP contribution in [0.25, 0.3) is 0 Å². The standard InChI is InChI=1S/C12H23N3/c1-8(2)7-15-11(13)6-10(5)12(14)9(3)4/h7,9-10,14H,6H2,1-5H3,(H2,13,15). The molecule has 0 spiro atoms. The molecule has 0 aromatic rings. The van der Waals surface area contributed by atoms with Gasteiger partial charge in [0.05, 0.1) is 5.84 Å². The summed E-state index contributed by atoms with van der Waals surface area (Å²) in [6, 6.07) is 0. The highest BCUT2D eigenvalue weighted by Gasteiger charge is 2.13. The van der Waals surface area contributed by atoms with E-state index in [-0.39, 0.29) is 11.8 Å². The van der Waals surface area contributed by atoms with Crippen LogP contribution in [0.2, 0.25) is 0 Å². The Hall–Kier alpha value is -1.12. The SMILES string of the molecule is CC(C)=CNC(=N)CC(C)C(=N)C(C)C. The minimum absolute atomic E-state index is 0.149. The zero-order valence-electron chi connectivity index (χ0n) is 10.4. The molecule has 0 amide bonds. The number of nitrogens with one attached hydrogen (secondary N) is 3. The maximum Gasteiger partial charge on any atom is 0.0977 e. The fourth-order valence-corrected chi connectivity index (χ4v) is 1.28. The van der Waals surface area contributed by atoms with E-state index in [1.54, 1.807) is 0 Å². The second kappa shape index (κ2) is 6.38. The highest BCUT2D eigenvalue weighted by molar-refractivity contribution is 5.90. The largest absolute Gasteiger partial charge is 0.351 e. The van der Waals surface area contributed by atoms with Gasteiger partial charge in [0.1, 0.15) is 0 Å². The monoisotopic (exact) mass is 209 g/mol. The van der Waals surface area contributed by atoms with Gasteiger partial charge < -0.3 is 10.7 Å². The van der Waals surface area contributed by atoms with Crippen LogP contribution in [-0.2, 0) is 0 Å². The van der Waals surface area contributed by atoms with E-state index < -0.39 is 0 Å². The van der Waals surface area contributed by atoms with Gasteiger partial charge >= 0.3 is 0 Å². The first-order chi connectivity index (χ1) is 6.84. The van der Waals surface area contributed by atoms with Gasteiger partial charge in [0.2, 0.25) is 0 Å². The van der Waals surface area contributed by atoms with Crippen LogP contribution in [-0.4, -0.2) is 11.5 Å². The molecule has 3 N–H and O–H groups in total. The highest BCUT2D eigenvalue weighted by Crippen LogP contribution is 2.10. The molecule has 0 aromatic carbocycles. The van der Waals surface area contributed by atoms with Crippen molar-refractivity contribution >= 4 is 11.5 Å². The Morgan fingerprint density at radius 1 is 1.20 bits per heavy atom. The lowest BCUT2D eigenvalue weighted by Gasteiger charge is -2.16. The van der Waals surface area contributed by atoms with Gasteiger partial charge in [0, 0.05) is 24.3 Å². The molecule has 1 atom stereocenters. The summed E-state index contributed by atoms with van der Waals surface area (Å²) in [5.74, 6) is 0.904. The molecule has 0 aliphatic carbocycles. The average Bonchev–Trinajstić information content (AvgIpc) is 2.13. The molecule has 86 valence electrons. The second-order valence-corrected chi connectivity index (χ2v) is 4.56. The van der Waals surface area contributed by atoms with Crippen molar-refractivity contribution in [3.8, 4) is 0 Å². The quantitative estimate of drug-likeness (QED) is 0.472. The van der Waals surface area contributed by atoms with Gasteiger partial charge in [-0.3, -0.25) is 5.41 Å². The van der Waals surface area contributed by atoms with Gasteiger partial charge in [-0.1, -0.05) is 26.3 Å². The van der Waals surface area contributed by atoms with E-state index in [0.29, 0.717) is 12.3 Å². The Bertz CT molecular complexity index is 260. The molecular formula is C12H23N3. The summed E-state index contributed by atoms with van der Waals surface area (Å²) in [6.45, 7) is 10.0. The molecular weight excluding hydrogens is 186 g/mol. The number of hydrogen-bond donors (Lipinski definition) is 3. The van der Waals surface area contributed by atoms with Crippen LogP contribution in [0.4, 0.5) is 0 Å². The topological polar surface area (TPSA) is 59.7 Å². The molecule has 0 saturated carbocycles. The first kappa shape index (κ1) is 13.9. The van der Waals surface area contributed by atoms with E-state index in [0.717, 1.165) is 11.3 Å². The molecule has 0 saturated heterocycles. The van der Waals surface area contributed by atoms with Crippen LogP contribution in [0.1, 0.15) is 41.0 Å². The maximum atomic E-state index is 7.82. The molecule has 1 unspecified atom stereocenters. The minimum Gasteiger partial charge on any atom is -0.351 e. The Morgan fingerprint density at radius 2 is 1.73 bits per heavy atom. The van der Waals surface area contributed by atoms with Crippen LogP contribution < -0.4 is 5.32 Å². The van der Waals surface area contributed by atoms with Crippen LogP contribution in [0.15, 0.2) is 11.8 Å². The molecule has 0 heterocycles. The summed E-state index contributed by atoms with van der Waals surface area (Å²) in [5, 5.41) is 18.4. The van der Waals surface area contributed by atoms with Crippen molar-refractivity contribution in [1.82, 2.24) is 5.32 Å². The molecule has 0 aromatic heterocycles. The average molecular weight is 209 g/mol. The summed E-state index contributed by atoms with van der Waals surface area (Å²) in [4.78, 5) is 0. The van der Waals surface area contributed by atoms with Crippen molar-refractivity contribution in [2.45, 2.75) is 41.0 Å². The zero-order valence-corrected chi connectivity index (χ0v) is 10.4. The van der Waals surface area contributed by atoms with E-state index in [1.165, 1.54) is 0 Å². The molecule has 3 heteroatoms. The highest BCUT2D eigenvalue weighted by atomic mass is 14.9. The lowest BCUT2D eigenvalue weighted by molar-refractivity contribution is 0.715. The predicted molar refractivity (Wildman–Crippen MR) is 66.6 cm³/mol. The van der Waals surface area contributed by atoms with Crippen LogP contribution in [0.3, 0.4) is 0 Å². The molecule has 3 nitrogen and oxygen atoms in total. The Labute approximate surface area is 93.0 Å². The maximum absolute atomic E-state index is 7.82. The van der Waals surface area contributed by atoms with Crippen molar-refractivity contribution in [1.29, 1.82) is 10.8 Å². The summed E-state index contributed by atoms with van der Waals surface area (Å²) in [5.41, 5.74) is 1.87. The second-order valence-electron chi connectivity index (χ2n) is 4.56. The summed E-state index contributed by atoms with van der Waals surface area (Å²) in [6.07, 6.45) is 2.44. The predicted octanol–water partition coefficient (Wildman–Crippen LogP) is 3.18. The Morgan fingerprint density at radius 3 is 2.13 bits per heavy atom. The van der Waals surface area contributed by atoms with E-state index >= 15 is 0 Å². The minimum atomic E-state index is 0.149. The summed E-state index contributed by atoms with van der Waals surface area (Å²) < 4.78 is 0. The first-order valence-corrected chi connectivity index (χ1v) is 5.40. The van der Waals surface area contributed by atoms with Gasteiger partial charge in [-0.15, -0.1) is 0 Å². The van der Waals surface area contributed by atoms with E-state index in [1.807, 2.05) is 40.8 Å².